The van der Waals surface area contributed by atoms with E-state index in [1.807, 2.05) is 0 Å². The van der Waals surface area contributed by atoms with Gasteiger partial charge in [0.1, 0.15) is 0 Å². The smallest absolute Gasteiger partial charge is 0.307 e. The van der Waals surface area contributed by atoms with E-state index >= 15 is 0 Å². The first-order chi connectivity index (χ1) is 7.63. The molecular formula is C11H17NO3S. The summed E-state index contributed by atoms with van der Waals surface area (Å²) in [7, 11) is 0. The number of rotatable bonds is 4. The number of carboxylic acid groups (broad SMARTS) is 1. The molecule has 2 aliphatic rings. The molecular weight excluding hydrogens is 226 g/mol. The molecule has 0 aromatic carbocycles. The molecule has 5 heteroatoms. The number of carbonyl (C=O) groups excluding carboxylic acids is 1. The molecule has 2 aliphatic carbocycles. The molecule has 0 saturated heterocycles. The Bertz CT molecular complexity index is 308. The van der Waals surface area contributed by atoms with E-state index in [0.29, 0.717) is 11.7 Å². The van der Waals surface area contributed by atoms with Gasteiger partial charge < -0.3 is 10.4 Å². The summed E-state index contributed by atoms with van der Waals surface area (Å²) in [6.45, 7) is 0. The minimum Gasteiger partial charge on any atom is -0.481 e. The Morgan fingerprint density at radius 3 is 2.62 bits per heavy atom. The molecule has 4 nitrogen and oxygen atoms in total. The first kappa shape index (κ1) is 11.8. The third kappa shape index (κ3) is 2.34. The number of amides is 1. The van der Waals surface area contributed by atoms with Gasteiger partial charge in [0.25, 0.3) is 0 Å². The standard InChI is InChI=1S/C11H17NO3S/c1-16-9-4-2-3-8(9)12-10(13)6-5-7(6)11(14)15/h6-9H,2-5H2,1H3,(H,12,13)(H,14,15). The van der Waals surface area contributed by atoms with Gasteiger partial charge in [0.2, 0.25) is 5.91 Å². The Morgan fingerprint density at radius 2 is 2.06 bits per heavy atom. The Morgan fingerprint density at radius 1 is 1.31 bits per heavy atom. The van der Waals surface area contributed by atoms with Crippen molar-refractivity contribution < 1.29 is 14.7 Å². The van der Waals surface area contributed by atoms with Crippen molar-refractivity contribution in [2.75, 3.05) is 6.26 Å². The number of hydrogen-bond donors (Lipinski definition) is 2. The van der Waals surface area contributed by atoms with Crippen molar-refractivity contribution in [3.05, 3.63) is 0 Å². The molecule has 0 heterocycles. The van der Waals surface area contributed by atoms with Crippen LogP contribution in [0.25, 0.3) is 0 Å². The van der Waals surface area contributed by atoms with Crippen LogP contribution in [0.15, 0.2) is 0 Å². The molecule has 90 valence electrons. The van der Waals surface area contributed by atoms with Crippen LogP contribution in [0.1, 0.15) is 25.7 Å². The van der Waals surface area contributed by atoms with E-state index in [0.717, 1.165) is 19.3 Å². The topological polar surface area (TPSA) is 66.4 Å². The summed E-state index contributed by atoms with van der Waals surface area (Å²) in [6, 6.07) is 0.248. The highest BCUT2D eigenvalue weighted by Gasteiger charge is 2.49. The first-order valence-corrected chi connectivity index (χ1v) is 6.98. The van der Waals surface area contributed by atoms with E-state index in [1.54, 1.807) is 11.8 Å². The Kier molecular flexibility index (Phi) is 3.42. The number of hydrogen-bond acceptors (Lipinski definition) is 3. The number of thioether (sulfide) groups is 1. The third-order valence-corrected chi connectivity index (χ3v) is 4.70. The minimum absolute atomic E-state index is 0.0571. The fourth-order valence-electron chi connectivity index (χ4n) is 2.42. The molecule has 1 amide bonds. The molecule has 2 rings (SSSR count). The molecule has 0 aromatic rings. The molecule has 0 aromatic heterocycles. The summed E-state index contributed by atoms with van der Waals surface area (Å²) < 4.78 is 0. The lowest BCUT2D eigenvalue weighted by Gasteiger charge is -2.19. The zero-order valence-corrected chi connectivity index (χ0v) is 10.1. The van der Waals surface area contributed by atoms with E-state index in [4.69, 9.17) is 5.11 Å². The summed E-state index contributed by atoms with van der Waals surface area (Å²) >= 11 is 1.79. The Labute approximate surface area is 99.2 Å². The predicted molar refractivity (Wildman–Crippen MR) is 62.3 cm³/mol. The van der Waals surface area contributed by atoms with Crippen molar-refractivity contribution in [2.45, 2.75) is 37.0 Å². The second kappa shape index (κ2) is 4.65. The van der Waals surface area contributed by atoms with Crippen LogP contribution in [0.4, 0.5) is 0 Å². The van der Waals surface area contributed by atoms with E-state index in [9.17, 15) is 9.59 Å². The first-order valence-electron chi connectivity index (χ1n) is 5.69. The predicted octanol–water partition coefficient (Wildman–Crippen LogP) is 1.11. The number of aliphatic carboxylic acids is 1. The summed E-state index contributed by atoms with van der Waals surface area (Å²) in [5, 5.41) is 12.3. The van der Waals surface area contributed by atoms with E-state index < -0.39 is 11.9 Å². The van der Waals surface area contributed by atoms with Gasteiger partial charge in [-0.2, -0.15) is 11.8 Å². The maximum absolute atomic E-state index is 11.8. The van der Waals surface area contributed by atoms with Gasteiger partial charge in [-0.25, -0.2) is 0 Å². The molecule has 2 saturated carbocycles. The molecule has 4 unspecified atom stereocenters. The van der Waals surface area contributed by atoms with Crippen LogP contribution in [0.2, 0.25) is 0 Å². The average molecular weight is 243 g/mol. The second-order valence-electron chi connectivity index (χ2n) is 4.61. The molecule has 0 bridgehead atoms. The number of carboxylic acids is 1. The van der Waals surface area contributed by atoms with Crippen LogP contribution in [0.3, 0.4) is 0 Å². The van der Waals surface area contributed by atoms with Gasteiger partial charge in [-0.1, -0.05) is 6.42 Å². The monoisotopic (exact) mass is 243 g/mol. The van der Waals surface area contributed by atoms with Crippen LogP contribution in [-0.4, -0.2) is 34.5 Å². The zero-order valence-electron chi connectivity index (χ0n) is 9.31. The molecule has 0 radical (unpaired) electrons. The minimum atomic E-state index is -0.840. The second-order valence-corrected chi connectivity index (χ2v) is 5.68. The van der Waals surface area contributed by atoms with Crippen LogP contribution >= 0.6 is 11.8 Å². The van der Waals surface area contributed by atoms with Crippen molar-refractivity contribution in [1.29, 1.82) is 0 Å². The van der Waals surface area contributed by atoms with Crippen molar-refractivity contribution in [1.82, 2.24) is 5.32 Å². The fraction of sp³-hybridized carbons (Fsp3) is 0.818. The van der Waals surface area contributed by atoms with E-state index in [1.165, 1.54) is 0 Å². The quantitative estimate of drug-likeness (QED) is 0.776. The lowest BCUT2D eigenvalue weighted by molar-refractivity contribution is -0.140. The number of carbonyl (C=O) groups is 2. The third-order valence-electron chi connectivity index (χ3n) is 3.53. The van der Waals surface area contributed by atoms with Gasteiger partial charge in [0, 0.05) is 11.3 Å². The lowest BCUT2D eigenvalue weighted by atomic mass is 10.2. The van der Waals surface area contributed by atoms with Crippen LogP contribution < -0.4 is 5.32 Å². The summed E-state index contributed by atoms with van der Waals surface area (Å²) in [5.41, 5.74) is 0. The molecule has 2 fully saturated rings. The zero-order chi connectivity index (χ0) is 11.7. The molecule has 0 spiro atoms. The highest BCUT2D eigenvalue weighted by atomic mass is 32.2. The lowest BCUT2D eigenvalue weighted by Crippen LogP contribution is -2.40. The Balaban J connectivity index is 1.82. The average Bonchev–Trinajstić information content (AvgIpc) is 2.94. The largest absolute Gasteiger partial charge is 0.481 e. The highest BCUT2D eigenvalue weighted by molar-refractivity contribution is 7.99. The van der Waals surface area contributed by atoms with Gasteiger partial charge in [-0.15, -0.1) is 0 Å². The summed E-state index contributed by atoms with van der Waals surface area (Å²) in [4.78, 5) is 22.4. The van der Waals surface area contributed by atoms with Crippen LogP contribution in [0, 0.1) is 11.8 Å². The maximum atomic E-state index is 11.8. The number of nitrogens with one attached hydrogen (secondary N) is 1. The van der Waals surface area contributed by atoms with E-state index in [-0.39, 0.29) is 17.9 Å². The van der Waals surface area contributed by atoms with Crippen molar-refractivity contribution in [3.63, 3.8) is 0 Å². The van der Waals surface area contributed by atoms with Gasteiger partial charge in [0.05, 0.1) is 11.8 Å². The molecule has 2 N–H and O–H groups in total. The highest BCUT2D eigenvalue weighted by Crippen LogP contribution is 2.39. The molecule has 4 atom stereocenters. The van der Waals surface area contributed by atoms with Crippen LogP contribution in [-0.2, 0) is 9.59 Å². The van der Waals surface area contributed by atoms with Gasteiger partial charge in [-0.3, -0.25) is 9.59 Å². The van der Waals surface area contributed by atoms with E-state index in [2.05, 4.69) is 11.6 Å². The van der Waals surface area contributed by atoms with Gasteiger partial charge in [0.15, 0.2) is 0 Å². The van der Waals surface area contributed by atoms with Crippen molar-refractivity contribution in [3.8, 4) is 0 Å². The van der Waals surface area contributed by atoms with Crippen LogP contribution in [0.5, 0.6) is 0 Å². The fourth-order valence-corrected chi connectivity index (χ4v) is 3.36. The Hall–Kier alpha value is -0.710. The molecule has 16 heavy (non-hydrogen) atoms. The van der Waals surface area contributed by atoms with Crippen molar-refractivity contribution in [2.24, 2.45) is 11.8 Å². The van der Waals surface area contributed by atoms with Gasteiger partial charge >= 0.3 is 5.97 Å². The maximum Gasteiger partial charge on any atom is 0.307 e. The van der Waals surface area contributed by atoms with Crippen molar-refractivity contribution >= 4 is 23.6 Å². The molecule has 0 aliphatic heterocycles. The summed E-state index contributed by atoms with van der Waals surface area (Å²) in [6.07, 6.45) is 5.91. The normalized spacial score (nSPS) is 37.1. The van der Waals surface area contributed by atoms with Gasteiger partial charge in [-0.05, 0) is 25.5 Å². The summed E-state index contributed by atoms with van der Waals surface area (Å²) in [5.74, 6) is -1.61. The SMILES string of the molecule is CSC1CCCC1NC(=O)C1CC1C(=O)O.